The van der Waals surface area contributed by atoms with Crippen LogP contribution in [-0.4, -0.2) is 9.13 Å². The average molecular weight is 783 g/mol. The predicted molar refractivity (Wildman–Crippen MR) is 257 cm³/mol. The van der Waals surface area contributed by atoms with Gasteiger partial charge >= 0.3 is 0 Å². The number of hydrogen-bond donors (Lipinski definition) is 0. The number of para-hydroxylation sites is 3. The van der Waals surface area contributed by atoms with Crippen molar-refractivity contribution in [3.63, 3.8) is 0 Å². The molecule has 3 aromatic heterocycles. The van der Waals surface area contributed by atoms with Crippen molar-refractivity contribution in [3.05, 3.63) is 206 Å². The molecule has 0 spiro atoms. The standard InChI is InChI=1S/C58H42N2O/c1-2-3-13-38-24-33-57-52(34-38)49-21-12-20-46(58(49)61-57)40-25-29-44(30-26-40)59-53-22-9-7-18-47(53)50-36-42(27-31-55(50)59)43-28-32-56-51(37-43)48-19-8-10-23-54(48)60(56)45-17-11-16-41(35-45)39-14-5-4-6-15-39/h4-12,14-37H,2-3,13H2,1H3. The maximum atomic E-state index is 6.54. The molecule has 0 amide bonds. The van der Waals surface area contributed by atoms with Crippen molar-refractivity contribution in [2.45, 2.75) is 26.2 Å². The molecule has 0 atom stereocenters. The summed E-state index contributed by atoms with van der Waals surface area (Å²) in [5.74, 6) is 0. The summed E-state index contributed by atoms with van der Waals surface area (Å²) < 4.78 is 11.3. The van der Waals surface area contributed by atoms with Crippen LogP contribution in [-0.2, 0) is 6.42 Å². The molecule has 0 bridgehead atoms. The second-order valence-corrected chi connectivity index (χ2v) is 16.4. The minimum atomic E-state index is 0.945. The highest BCUT2D eigenvalue weighted by Crippen LogP contribution is 2.40. The smallest absolute Gasteiger partial charge is 0.143 e. The molecule has 0 radical (unpaired) electrons. The highest BCUT2D eigenvalue weighted by molar-refractivity contribution is 6.13. The maximum absolute atomic E-state index is 6.54. The number of fused-ring (bicyclic) bond motifs is 9. The number of benzene rings is 9. The lowest BCUT2D eigenvalue weighted by atomic mass is 10.0. The van der Waals surface area contributed by atoms with E-state index < -0.39 is 0 Å². The molecular weight excluding hydrogens is 741 g/mol. The van der Waals surface area contributed by atoms with Crippen LogP contribution in [0.4, 0.5) is 0 Å². The largest absolute Gasteiger partial charge is 0.455 e. The van der Waals surface area contributed by atoms with Gasteiger partial charge in [-0.1, -0.05) is 141 Å². The number of rotatable bonds is 8. The van der Waals surface area contributed by atoms with E-state index in [-0.39, 0.29) is 0 Å². The molecule has 0 N–H and O–H groups in total. The third-order valence-corrected chi connectivity index (χ3v) is 12.7. The first-order valence-electron chi connectivity index (χ1n) is 21.5. The average Bonchev–Trinajstić information content (AvgIpc) is 3.98. The zero-order valence-electron chi connectivity index (χ0n) is 34.0. The lowest BCUT2D eigenvalue weighted by Gasteiger charge is -2.11. The summed E-state index contributed by atoms with van der Waals surface area (Å²) in [6.07, 6.45) is 3.48. The quantitative estimate of drug-likeness (QED) is 0.151. The van der Waals surface area contributed by atoms with Crippen LogP contribution in [0.2, 0.25) is 0 Å². The van der Waals surface area contributed by atoms with Crippen LogP contribution in [0.5, 0.6) is 0 Å². The summed E-state index contributed by atoms with van der Waals surface area (Å²) in [5.41, 5.74) is 17.4. The monoisotopic (exact) mass is 782 g/mol. The molecule has 0 fully saturated rings. The number of aromatic nitrogens is 2. The number of aryl methyl sites for hydroxylation is 1. The van der Waals surface area contributed by atoms with Crippen molar-refractivity contribution in [3.8, 4) is 44.8 Å². The molecule has 61 heavy (non-hydrogen) atoms. The van der Waals surface area contributed by atoms with Gasteiger partial charge < -0.3 is 13.6 Å². The number of hydrogen-bond acceptors (Lipinski definition) is 1. The molecule has 0 aliphatic carbocycles. The third kappa shape index (κ3) is 5.80. The van der Waals surface area contributed by atoms with E-state index in [1.165, 1.54) is 95.0 Å². The lowest BCUT2D eigenvalue weighted by molar-refractivity contribution is 0.669. The molecule has 0 aliphatic rings. The minimum Gasteiger partial charge on any atom is -0.455 e. The molecule has 0 aliphatic heterocycles. The van der Waals surface area contributed by atoms with Gasteiger partial charge in [0.15, 0.2) is 0 Å². The Morgan fingerprint density at radius 3 is 1.66 bits per heavy atom. The molecule has 0 saturated heterocycles. The van der Waals surface area contributed by atoms with E-state index in [1.54, 1.807) is 0 Å². The van der Waals surface area contributed by atoms with Crippen LogP contribution >= 0.6 is 0 Å². The summed E-state index contributed by atoms with van der Waals surface area (Å²) in [6.45, 7) is 2.25. The van der Waals surface area contributed by atoms with Gasteiger partial charge in [-0.15, -0.1) is 0 Å². The summed E-state index contributed by atoms with van der Waals surface area (Å²) in [6, 6.07) is 73.2. The van der Waals surface area contributed by atoms with E-state index in [9.17, 15) is 0 Å². The van der Waals surface area contributed by atoms with Gasteiger partial charge in [0, 0.05) is 49.3 Å². The van der Waals surface area contributed by atoms with Crippen molar-refractivity contribution in [1.82, 2.24) is 9.13 Å². The third-order valence-electron chi connectivity index (χ3n) is 12.7. The molecule has 3 heterocycles. The highest BCUT2D eigenvalue weighted by Gasteiger charge is 2.18. The van der Waals surface area contributed by atoms with Gasteiger partial charge in [-0.05, 0) is 119 Å². The molecule has 290 valence electrons. The topological polar surface area (TPSA) is 23.0 Å². The Labute approximate surface area is 354 Å². The Kier molecular flexibility index (Phi) is 8.28. The Hall–Kier alpha value is -7.62. The van der Waals surface area contributed by atoms with Crippen LogP contribution < -0.4 is 0 Å². The van der Waals surface area contributed by atoms with Crippen LogP contribution in [0.3, 0.4) is 0 Å². The van der Waals surface area contributed by atoms with Gasteiger partial charge in [0.1, 0.15) is 11.2 Å². The second-order valence-electron chi connectivity index (χ2n) is 16.4. The zero-order chi connectivity index (χ0) is 40.4. The van der Waals surface area contributed by atoms with Crippen LogP contribution in [0, 0.1) is 0 Å². The first kappa shape index (κ1) is 35.3. The number of nitrogens with zero attached hydrogens (tertiary/aromatic N) is 2. The molecule has 0 saturated carbocycles. The van der Waals surface area contributed by atoms with Crippen LogP contribution in [0.1, 0.15) is 25.3 Å². The summed E-state index contributed by atoms with van der Waals surface area (Å²) in [4.78, 5) is 0. The van der Waals surface area contributed by atoms with Crippen LogP contribution in [0.25, 0.3) is 110 Å². The van der Waals surface area contributed by atoms with Crippen molar-refractivity contribution >= 4 is 65.6 Å². The molecule has 0 unspecified atom stereocenters. The van der Waals surface area contributed by atoms with E-state index >= 15 is 0 Å². The SMILES string of the molecule is CCCCc1ccc2oc3c(-c4ccc(-n5c6ccccc6c6cc(-c7ccc8c(c7)c7ccccc7n8-c7cccc(-c8ccccc8)c7)ccc65)cc4)cccc3c2c1. The summed E-state index contributed by atoms with van der Waals surface area (Å²) in [5, 5.41) is 7.34. The molecule has 3 nitrogen and oxygen atoms in total. The molecule has 3 heteroatoms. The van der Waals surface area contributed by atoms with Crippen molar-refractivity contribution in [1.29, 1.82) is 0 Å². The summed E-state index contributed by atoms with van der Waals surface area (Å²) >= 11 is 0. The normalized spacial score (nSPS) is 11.9. The van der Waals surface area contributed by atoms with E-state index in [2.05, 4.69) is 216 Å². The first-order chi connectivity index (χ1) is 30.2. The highest BCUT2D eigenvalue weighted by atomic mass is 16.3. The Morgan fingerprint density at radius 2 is 0.951 bits per heavy atom. The molecule has 12 rings (SSSR count). The predicted octanol–water partition coefficient (Wildman–Crippen LogP) is 16.1. The van der Waals surface area contributed by atoms with Gasteiger partial charge in [0.05, 0.1) is 22.1 Å². The van der Waals surface area contributed by atoms with Crippen LogP contribution in [0.15, 0.2) is 205 Å². The van der Waals surface area contributed by atoms with E-state index in [1.807, 2.05) is 0 Å². The fourth-order valence-electron chi connectivity index (χ4n) is 9.72. The maximum Gasteiger partial charge on any atom is 0.143 e. The first-order valence-corrected chi connectivity index (χ1v) is 21.5. The van der Waals surface area contributed by atoms with Gasteiger partial charge in [0.2, 0.25) is 0 Å². The number of furan rings is 1. The summed E-state index contributed by atoms with van der Waals surface area (Å²) in [7, 11) is 0. The molecule has 12 aromatic rings. The van der Waals surface area contributed by atoms with Gasteiger partial charge in [-0.3, -0.25) is 0 Å². The zero-order valence-corrected chi connectivity index (χ0v) is 34.0. The molecule has 9 aromatic carbocycles. The minimum absolute atomic E-state index is 0.945. The lowest BCUT2D eigenvalue weighted by Crippen LogP contribution is -1.94. The van der Waals surface area contributed by atoms with E-state index in [4.69, 9.17) is 4.42 Å². The van der Waals surface area contributed by atoms with Gasteiger partial charge in [-0.2, -0.15) is 0 Å². The van der Waals surface area contributed by atoms with Gasteiger partial charge in [-0.25, -0.2) is 0 Å². The van der Waals surface area contributed by atoms with Crippen molar-refractivity contribution in [2.24, 2.45) is 0 Å². The Morgan fingerprint density at radius 1 is 0.377 bits per heavy atom. The van der Waals surface area contributed by atoms with Crippen molar-refractivity contribution in [2.75, 3.05) is 0 Å². The molecular formula is C58H42N2O. The fourth-order valence-corrected chi connectivity index (χ4v) is 9.72. The van der Waals surface area contributed by atoms with Crippen molar-refractivity contribution < 1.29 is 4.42 Å². The van der Waals surface area contributed by atoms with E-state index in [0.717, 1.165) is 40.1 Å². The number of unbranched alkanes of at least 4 members (excludes halogenated alkanes) is 1. The fraction of sp³-hybridized carbons (Fsp3) is 0.0690. The second kappa shape index (κ2) is 14.3. The van der Waals surface area contributed by atoms with Gasteiger partial charge in [0.25, 0.3) is 0 Å². The Bertz CT molecular complexity index is 3620. The van der Waals surface area contributed by atoms with E-state index in [0.29, 0.717) is 0 Å². The Balaban J connectivity index is 0.931.